The summed E-state index contributed by atoms with van der Waals surface area (Å²) in [6.45, 7) is 2.07. The van der Waals surface area contributed by atoms with Crippen LogP contribution in [0, 0.1) is 0 Å². The molecule has 9 heteroatoms. The fraction of sp³-hybridized carbons (Fsp3) is 0.474. The quantitative estimate of drug-likeness (QED) is 0.594. The Morgan fingerprint density at radius 3 is 2.93 bits per heavy atom. The number of aromatic nitrogens is 5. The summed E-state index contributed by atoms with van der Waals surface area (Å²) < 4.78 is 7.36. The fourth-order valence-corrected chi connectivity index (χ4v) is 3.49. The van der Waals surface area contributed by atoms with E-state index in [4.69, 9.17) is 4.74 Å². The van der Waals surface area contributed by atoms with Crippen LogP contribution >= 0.6 is 0 Å². The molecule has 9 nitrogen and oxygen atoms in total. The summed E-state index contributed by atoms with van der Waals surface area (Å²) in [6, 6.07) is 1.90. The molecule has 3 aromatic rings. The molecule has 3 aromatic heterocycles. The van der Waals surface area contributed by atoms with Gasteiger partial charge in [-0.1, -0.05) is 0 Å². The lowest BCUT2D eigenvalue weighted by Gasteiger charge is -2.29. The number of aromatic amines is 1. The lowest BCUT2D eigenvalue weighted by Crippen LogP contribution is -2.40. The zero-order valence-electron chi connectivity index (χ0n) is 15.7. The molecule has 3 heterocycles. The molecule has 0 aliphatic heterocycles. The Morgan fingerprint density at radius 1 is 1.39 bits per heavy atom. The molecule has 1 amide bonds. The minimum absolute atomic E-state index is 0.0792. The Morgan fingerprint density at radius 2 is 2.21 bits per heavy atom. The Hall–Kier alpha value is -2.78. The van der Waals surface area contributed by atoms with Crippen molar-refractivity contribution >= 4 is 16.9 Å². The first-order valence-corrected chi connectivity index (χ1v) is 9.54. The summed E-state index contributed by atoms with van der Waals surface area (Å²) in [5.41, 5.74) is 1.63. The van der Waals surface area contributed by atoms with Crippen LogP contribution in [0.5, 0.6) is 0 Å². The second kappa shape index (κ2) is 8.07. The van der Waals surface area contributed by atoms with E-state index in [0.717, 1.165) is 25.7 Å². The summed E-state index contributed by atoms with van der Waals surface area (Å²) in [5, 5.41) is 12.4. The van der Waals surface area contributed by atoms with Gasteiger partial charge in [0.1, 0.15) is 6.33 Å². The second-order valence-corrected chi connectivity index (χ2v) is 7.21. The molecular formula is C19H24N6O3. The average molecular weight is 384 g/mol. The van der Waals surface area contributed by atoms with E-state index in [1.807, 2.05) is 6.07 Å². The minimum atomic E-state index is -0.455. The highest BCUT2D eigenvalue weighted by Crippen LogP contribution is 2.22. The van der Waals surface area contributed by atoms with Gasteiger partial charge < -0.3 is 20.1 Å². The highest BCUT2D eigenvalue weighted by molar-refractivity contribution is 6.03. The molecule has 0 radical (unpaired) electrons. The Kier molecular flexibility index (Phi) is 5.36. The highest BCUT2D eigenvalue weighted by atomic mass is 16.5. The van der Waals surface area contributed by atoms with Crippen molar-refractivity contribution < 1.29 is 14.6 Å². The summed E-state index contributed by atoms with van der Waals surface area (Å²) in [7, 11) is 0. The number of aliphatic hydroxyl groups is 1. The SMILES string of the molecule is C[C@@H](O)CO[C@H]1CC[C@H](NC(=O)c2nc(-n3ccnc3)nc3cc[nH]c23)CC1. The topological polar surface area (TPSA) is 118 Å². The maximum atomic E-state index is 12.9. The average Bonchev–Trinajstić information content (AvgIpc) is 3.38. The molecule has 1 saturated carbocycles. The zero-order valence-corrected chi connectivity index (χ0v) is 15.7. The highest BCUT2D eigenvalue weighted by Gasteiger charge is 2.25. The molecule has 0 saturated heterocycles. The smallest absolute Gasteiger partial charge is 0.272 e. The number of fused-ring (bicyclic) bond motifs is 1. The van der Waals surface area contributed by atoms with Crippen molar-refractivity contribution in [2.24, 2.45) is 0 Å². The Labute approximate surface area is 162 Å². The van der Waals surface area contributed by atoms with E-state index in [2.05, 4.69) is 25.3 Å². The van der Waals surface area contributed by atoms with Crippen LogP contribution in [0.2, 0.25) is 0 Å². The van der Waals surface area contributed by atoms with Crippen LogP contribution in [0.15, 0.2) is 31.0 Å². The Bertz CT molecular complexity index is 928. The van der Waals surface area contributed by atoms with Gasteiger partial charge in [0.2, 0.25) is 5.95 Å². The third-order valence-corrected chi connectivity index (χ3v) is 4.93. The second-order valence-electron chi connectivity index (χ2n) is 7.21. The number of H-pyrrole nitrogens is 1. The van der Waals surface area contributed by atoms with Crippen LogP contribution in [0.25, 0.3) is 17.0 Å². The molecular weight excluding hydrogens is 360 g/mol. The van der Waals surface area contributed by atoms with Gasteiger partial charge in [-0.25, -0.2) is 15.0 Å². The maximum absolute atomic E-state index is 12.9. The van der Waals surface area contributed by atoms with E-state index in [1.165, 1.54) is 0 Å². The molecule has 28 heavy (non-hydrogen) atoms. The molecule has 0 bridgehead atoms. The standard InChI is InChI=1S/C19H24N6O3/c1-12(26)10-28-14-4-2-13(3-5-14)22-18(27)17-16-15(6-7-21-16)23-19(24-17)25-9-8-20-11-25/h6-9,11-14,21,26H,2-5,10H2,1H3,(H,22,27)/t12-,13-,14-/m1/s1. The van der Waals surface area contributed by atoms with Crippen molar-refractivity contribution in [1.82, 2.24) is 29.8 Å². The lowest BCUT2D eigenvalue weighted by molar-refractivity contribution is -0.0210. The van der Waals surface area contributed by atoms with Gasteiger partial charge in [0, 0.05) is 24.6 Å². The van der Waals surface area contributed by atoms with Gasteiger partial charge in [0.25, 0.3) is 5.91 Å². The van der Waals surface area contributed by atoms with Crippen LogP contribution in [0.1, 0.15) is 43.1 Å². The van der Waals surface area contributed by atoms with Crippen LogP contribution in [-0.2, 0) is 4.74 Å². The number of nitrogens with one attached hydrogen (secondary N) is 2. The van der Waals surface area contributed by atoms with Crippen molar-refractivity contribution in [2.75, 3.05) is 6.61 Å². The Balaban J connectivity index is 1.45. The van der Waals surface area contributed by atoms with E-state index in [-0.39, 0.29) is 18.1 Å². The lowest BCUT2D eigenvalue weighted by atomic mass is 9.93. The third-order valence-electron chi connectivity index (χ3n) is 4.93. The number of aliphatic hydroxyl groups excluding tert-OH is 1. The third kappa shape index (κ3) is 4.05. The monoisotopic (exact) mass is 384 g/mol. The zero-order chi connectivity index (χ0) is 19.5. The molecule has 3 N–H and O–H groups in total. The number of hydrogen-bond donors (Lipinski definition) is 3. The molecule has 0 aromatic carbocycles. The molecule has 0 spiro atoms. The van der Waals surface area contributed by atoms with Gasteiger partial charge in [-0.05, 0) is 38.7 Å². The van der Waals surface area contributed by atoms with Crippen molar-refractivity contribution in [3.63, 3.8) is 0 Å². The van der Waals surface area contributed by atoms with Gasteiger partial charge >= 0.3 is 0 Å². The van der Waals surface area contributed by atoms with Crippen molar-refractivity contribution in [1.29, 1.82) is 0 Å². The largest absolute Gasteiger partial charge is 0.391 e. The summed E-state index contributed by atoms with van der Waals surface area (Å²) in [5.74, 6) is 0.189. The van der Waals surface area contributed by atoms with Crippen LogP contribution in [0.3, 0.4) is 0 Å². The predicted molar refractivity (Wildman–Crippen MR) is 102 cm³/mol. The fourth-order valence-electron chi connectivity index (χ4n) is 3.49. The van der Waals surface area contributed by atoms with Crippen molar-refractivity contribution in [2.45, 2.75) is 50.9 Å². The van der Waals surface area contributed by atoms with E-state index >= 15 is 0 Å². The molecule has 0 unspecified atom stereocenters. The maximum Gasteiger partial charge on any atom is 0.272 e. The molecule has 148 valence electrons. The van der Waals surface area contributed by atoms with Crippen molar-refractivity contribution in [3.8, 4) is 5.95 Å². The molecule has 4 rings (SSSR count). The van der Waals surface area contributed by atoms with Gasteiger partial charge in [-0.15, -0.1) is 0 Å². The predicted octanol–water partition coefficient (Wildman–Crippen LogP) is 1.58. The summed E-state index contributed by atoms with van der Waals surface area (Å²) in [6.07, 6.45) is 9.81. The normalized spacial score (nSPS) is 20.9. The number of ether oxygens (including phenoxy) is 1. The number of imidazole rings is 1. The number of nitrogens with zero attached hydrogens (tertiary/aromatic N) is 4. The first-order valence-electron chi connectivity index (χ1n) is 9.54. The van der Waals surface area contributed by atoms with Crippen molar-refractivity contribution in [3.05, 3.63) is 36.7 Å². The first-order chi connectivity index (χ1) is 13.6. The van der Waals surface area contributed by atoms with E-state index in [9.17, 15) is 9.90 Å². The number of amides is 1. The molecule has 1 aliphatic carbocycles. The number of carbonyl (C=O) groups is 1. The summed E-state index contributed by atoms with van der Waals surface area (Å²) in [4.78, 5) is 28.9. The molecule has 1 fully saturated rings. The molecule has 1 atom stereocenters. The minimum Gasteiger partial charge on any atom is -0.391 e. The van der Waals surface area contributed by atoms with Crippen LogP contribution in [0.4, 0.5) is 0 Å². The van der Waals surface area contributed by atoms with Gasteiger partial charge in [-0.2, -0.15) is 0 Å². The van der Waals surface area contributed by atoms with E-state index < -0.39 is 6.10 Å². The van der Waals surface area contributed by atoms with Gasteiger partial charge in [-0.3, -0.25) is 9.36 Å². The van der Waals surface area contributed by atoms with Gasteiger partial charge in [0.05, 0.1) is 29.8 Å². The summed E-state index contributed by atoms with van der Waals surface area (Å²) >= 11 is 0. The van der Waals surface area contributed by atoms with Crippen LogP contribution in [-0.4, -0.2) is 60.4 Å². The number of rotatable bonds is 6. The van der Waals surface area contributed by atoms with E-state index in [1.54, 1.807) is 36.4 Å². The van der Waals surface area contributed by atoms with E-state index in [0.29, 0.717) is 29.3 Å². The van der Waals surface area contributed by atoms with Gasteiger partial charge in [0.15, 0.2) is 5.69 Å². The van der Waals surface area contributed by atoms with Crippen LogP contribution < -0.4 is 5.32 Å². The number of hydrogen-bond acceptors (Lipinski definition) is 6. The number of carbonyl (C=O) groups excluding carboxylic acids is 1. The first kappa shape index (κ1) is 18.6. The molecule has 1 aliphatic rings.